The summed E-state index contributed by atoms with van der Waals surface area (Å²) in [5.74, 6) is -0.264. The van der Waals surface area contributed by atoms with Crippen LogP contribution in [0.1, 0.15) is 5.56 Å². The van der Waals surface area contributed by atoms with Gasteiger partial charge in [-0.25, -0.2) is 5.43 Å². The van der Waals surface area contributed by atoms with Gasteiger partial charge in [0.05, 0.1) is 11.8 Å². The van der Waals surface area contributed by atoms with Crippen molar-refractivity contribution < 1.29 is 9.36 Å². The first-order valence-corrected chi connectivity index (χ1v) is 5.69. The number of amides is 1. The number of nitrogens with zero attached hydrogens (tertiary/aromatic N) is 2. The lowest BCUT2D eigenvalue weighted by Crippen LogP contribution is -2.40. The van der Waals surface area contributed by atoms with Crippen LogP contribution in [0.3, 0.4) is 0 Å². The standard InChI is InChI=1S/C13H12N4O2/c18-12(10-17-7-2-1-3-8-17)16-15-9-11-5-4-6-14-13(11)19/h1-9H,10H2,(H-,14,15,16,18,19)/p+1. The van der Waals surface area contributed by atoms with Gasteiger partial charge < -0.3 is 4.98 Å². The van der Waals surface area contributed by atoms with Crippen molar-refractivity contribution in [3.05, 3.63) is 64.8 Å². The quantitative estimate of drug-likeness (QED) is 0.452. The molecule has 0 aliphatic heterocycles. The predicted octanol–water partition coefficient (Wildman–Crippen LogP) is -0.187. The van der Waals surface area contributed by atoms with E-state index in [1.807, 2.05) is 18.2 Å². The molecule has 0 saturated heterocycles. The SMILES string of the molecule is O=C(C[n+]1ccccc1)N/N=C/c1ccc[nH]c1=O. The summed E-state index contributed by atoms with van der Waals surface area (Å²) >= 11 is 0. The van der Waals surface area contributed by atoms with E-state index in [-0.39, 0.29) is 18.0 Å². The number of hydrazone groups is 1. The van der Waals surface area contributed by atoms with Gasteiger partial charge in [0, 0.05) is 18.3 Å². The molecule has 19 heavy (non-hydrogen) atoms. The summed E-state index contributed by atoms with van der Waals surface area (Å²) in [6, 6.07) is 8.83. The van der Waals surface area contributed by atoms with Crippen molar-refractivity contribution in [2.75, 3.05) is 0 Å². The average molecular weight is 257 g/mol. The molecule has 0 aliphatic carbocycles. The molecule has 6 nitrogen and oxygen atoms in total. The Balaban J connectivity index is 1.91. The summed E-state index contributed by atoms with van der Waals surface area (Å²) in [4.78, 5) is 25.4. The monoisotopic (exact) mass is 257 g/mol. The number of pyridine rings is 2. The van der Waals surface area contributed by atoms with Crippen LogP contribution in [0.15, 0.2) is 58.8 Å². The van der Waals surface area contributed by atoms with E-state index in [1.54, 1.807) is 29.1 Å². The van der Waals surface area contributed by atoms with Crippen LogP contribution in [-0.2, 0) is 11.3 Å². The van der Waals surface area contributed by atoms with Gasteiger partial charge in [-0.05, 0) is 12.1 Å². The van der Waals surface area contributed by atoms with Gasteiger partial charge in [-0.1, -0.05) is 6.07 Å². The Morgan fingerprint density at radius 3 is 2.84 bits per heavy atom. The molecule has 2 rings (SSSR count). The zero-order valence-corrected chi connectivity index (χ0v) is 10.1. The van der Waals surface area contributed by atoms with Gasteiger partial charge in [-0.15, -0.1) is 0 Å². The first-order valence-electron chi connectivity index (χ1n) is 5.69. The van der Waals surface area contributed by atoms with Gasteiger partial charge in [0.2, 0.25) is 6.54 Å². The Morgan fingerprint density at radius 1 is 1.32 bits per heavy atom. The van der Waals surface area contributed by atoms with Crippen molar-refractivity contribution in [3.63, 3.8) is 0 Å². The molecular weight excluding hydrogens is 244 g/mol. The van der Waals surface area contributed by atoms with E-state index in [2.05, 4.69) is 15.5 Å². The van der Waals surface area contributed by atoms with Crippen molar-refractivity contribution in [3.8, 4) is 0 Å². The van der Waals surface area contributed by atoms with Gasteiger partial charge in [-0.3, -0.25) is 9.59 Å². The molecule has 0 aliphatic rings. The Morgan fingerprint density at radius 2 is 2.11 bits per heavy atom. The molecule has 6 heteroatoms. The molecule has 0 aromatic carbocycles. The maximum absolute atomic E-state index is 11.6. The van der Waals surface area contributed by atoms with Gasteiger partial charge >= 0.3 is 5.91 Å². The fourth-order valence-electron chi connectivity index (χ4n) is 1.45. The van der Waals surface area contributed by atoms with Crippen LogP contribution in [-0.4, -0.2) is 17.1 Å². The smallest absolute Gasteiger partial charge is 0.305 e. The number of aromatic amines is 1. The van der Waals surface area contributed by atoms with Crippen molar-refractivity contribution >= 4 is 12.1 Å². The Kier molecular flexibility index (Phi) is 4.17. The van der Waals surface area contributed by atoms with Crippen molar-refractivity contribution in [2.45, 2.75) is 6.54 Å². The van der Waals surface area contributed by atoms with Crippen LogP contribution in [0.2, 0.25) is 0 Å². The minimum absolute atomic E-state index is 0.170. The first kappa shape index (κ1) is 12.7. The molecule has 0 atom stereocenters. The van der Waals surface area contributed by atoms with Crippen LogP contribution in [0.4, 0.5) is 0 Å². The molecule has 1 amide bonds. The number of H-pyrrole nitrogens is 1. The highest BCUT2D eigenvalue weighted by Crippen LogP contribution is 1.83. The van der Waals surface area contributed by atoms with Gasteiger partial charge in [-0.2, -0.15) is 9.67 Å². The molecule has 2 aromatic rings. The third-order valence-corrected chi connectivity index (χ3v) is 2.34. The molecule has 2 aromatic heterocycles. The molecule has 2 N–H and O–H groups in total. The first-order chi connectivity index (χ1) is 9.25. The third-order valence-electron chi connectivity index (χ3n) is 2.34. The lowest BCUT2D eigenvalue weighted by Gasteiger charge is -1.96. The molecule has 0 bridgehead atoms. The largest absolute Gasteiger partial charge is 0.329 e. The van der Waals surface area contributed by atoms with Gasteiger partial charge in [0.25, 0.3) is 5.56 Å². The summed E-state index contributed by atoms with van der Waals surface area (Å²) in [5.41, 5.74) is 2.50. The average Bonchev–Trinajstić information content (AvgIpc) is 2.42. The Bertz CT molecular complexity index is 634. The highest BCUT2D eigenvalue weighted by molar-refractivity contribution is 5.81. The number of rotatable bonds is 4. The highest BCUT2D eigenvalue weighted by Gasteiger charge is 2.06. The van der Waals surface area contributed by atoms with Crippen LogP contribution < -0.4 is 15.6 Å². The van der Waals surface area contributed by atoms with E-state index in [9.17, 15) is 9.59 Å². The number of nitrogens with one attached hydrogen (secondary N) is 2. The molecule has 0 radical (unpaired) electrons. The number of hydrogen-bond donors (Lipinski definition) is 2. The summed E-state index contributed by atoms with van der Waals surface area (Å²) in [5, 5.41) is 3.74. The van der Waals surface area contributed by atoms with E-state index in [0.29, 0.717) is 5.56 Å². The minimum Gasteiger partial charge on any atom is -0.329 e. The molecule has 0 spiro atoms. The van der Waals surface area contributed by atoms with Crippen molar-refractivity contribution in [1.29, 1.82) is 0 Å². The Hall–Kier alpha value is -2.76. The van der Waals surface area contributed by atoms with E-state index >= 15 is 0 Å². The molecule has 2 heterocycles. The summed E-state index contributed by atoms with van der Waals surface area (Å²) < 4.78 is 1.72. The summed E-state index contributed by atoms with van der Waals surface area (Å²) in [6.07, 6.45) is 6.41. The zero-order valence-electron chi connectivity index (χ0n) is 10.1. The topological polar surface area (TPSA) is 78.2 Å². The molecule has 0 fully saturated rings. The van der Waals surface area contributed by atoms with Gasteiger partial charge in [0.15, 0.2) is 12.4 Å². The number of carbonyl (C=O) groups excluding carboxylic acids is 1. The predicted molar refractivity (Wildman–Crippen MR) is 69.4 cm³/mol. The minimum atomic E-state index is -0.264. The fourth-order valence-corrected chi connectivity index (χ4v) is 1.45. The lowest BCUT2D eigenvalue weighted by atomic mass is 10.3. The second kappa shape index (κ2) is 6.25. The molecule has 0 saturated carbocycles. The molecule has 0 unspecified atom stereocenters. The normalized spacial score (nSPS) is 10.5. The maximum atomic E-state index is 11.6. The second-order valence-electron chi connectivity index (χ2n) is 3.80. The van der Waals surface area contributed by atoms with Crippen molar-refractivity contribution in [1.82, 2.24) is 10.4 Å². The summed E-state index contributed by atoms with van der Waals surface area (Å²) in [7, 11) is 0. The highest BCUT2D eigenvalue weighted by atomic mass is 16.2. The van der Waals surface area contributed by atoms with E-state index < -0.39 is 0 Å². The van der Waals surface area contributed by atoms with E-state index in [4.69, 9.17) is 0 Å². The zero-order chi connectivity index (χ0) is 13.5. The van der Waals surface area contributed by atoms with Crippen molar-refractivity contribution in [2.24, 2.45) is 5.10 Å². The maximum Gasteiger partial charge on any atom is 0.305 e. The second-order valence-corrected chi connectivity index (χ2v) is 3.80. The number of carbonyl (C=O) groups is 1. The molecule has 96 valence electrons. The van der Waals surface area contributed by atoms with E-state index in [1.165, 1.54) is 12.4 Å². The van der Waals surface area contributed by atoms with Gasteiger partial charge in [0.1, 0.15) is 0 Å². The van der Waals surface area contributed by atoms with Crippen LogP contribution in [0.5, 0.6) is 0 Å². The van der Waals surface area contributed by atoms with Crippen LogP contribution >= 0.6 is 0 Å². The Labute approximate surface area is 109 Å². The number of aromatic nitrogens is 2. The molecular formula is C13H13N4O2+. The number of hydrogen-bond acceptors (Lipinski definition) is 3. The van der Waals surface area contributed by atoms with Crippen LogP contribution in [0.25, 0.3) is 0 Å². The van der Waals surface area contributed by atoms with Crippen LogP contribution in [0, 0.1) is 0 Å². The summed E-state index contributed by atoms with van der Waals surface area (Å²) in [6.45, 7) is 0.170. The fraction of sp³-hybridized carbons (Fsp3) is 0.0769. The third kappa shape index (κ3) is 3.88. The van der Waals surface area contributed by atoms with E-state index in [0.717, 1.165) is 0 Å². The lowest BCUT2D eigenvalue weighted by molar-refractivity contribution is -0.684.